The zero-order valence-electron chi connectivity index (χ0n) is 14.6. The van der Waals surface area contributed by atoms with Crippen LogP contribution in [0.1, 0.15) is 67.2 Å². The molecule has 2 fully saturated rings. The Hall–Kier alpha value is -0.590. The van der Waals surface area contributed by atoms with E-state index in [-0.39, 0.29) is 0 Å². The summed E-state index contributed by atoms with van der Waals surface area (Å²) >= 11 is 0. The van der Waals surface area contributed by atoms with Gasteiger partial charge in [-0.2, -0.15) is 5.26 Å². The van der Waals surface area contributed by atoms with Gasteiger partial charge in [0.25, 0.3) is 0 Å². The van der Waals surface area contributed by atoms with Crippen LogP contribution in [0.25, 0.3) is 0 Å². The highest BCUT2D eigenvalue weighted by molar-refractivity contribution is 5.11. The highest BCUT2D eigenvalue weighted by Gasteiger charge is 2.61. The van der Waals surface area contributed by atoms with Crippen LogP contribution in [0.15, 0.2) is 0 Å². The van der Waals surface area contributed by atoms with Crippen molar-refractivity contribution in [3.05, 3.63) is 0 Å². The van der Waals surface area contributed by atoms with Gasteiger partial charge in [-0.15, -0.1) is 0 Å². The summed E-state index contributed by atoms with van der Waals surface area (Å²) in [6.45, 7) is 14.0. The van der Waals surface area contributed by atoms with E-state index in [1.165, 1.54) is 19.3 Å². The Morgan fingerprint density at radius 3 is 2.48 bits per heavy atom. The molecule has 0 aliphatic heterocycles. The summed E-state index contributed by atoms with van der Waals surface area (Å²) in [5, 5.41) is 12.7. The van der Waals surface area contributed by atoms with E-state index in [0.717, 1.165) is 12.3 Å². The Morgan fingerprint density at radius 1 is 1.38 bits per heavy atom. The fraction of sp³-hybridized carbons (Fsp3) is 0.944. The number of nitriles is 1. The fourth-order valence-corrected chi connectivity index (χ4v) is 4.59. The summed E-state index contributed by atoms with van der Waals surface area (Å²) < 4.78 is 6.26. The van der Waals surface area contributed by atoms with Gasteiger partial charge in [-0.3, -0.25) is 5.32 Å². The predicted octanol–water partition coefficient (Wildman–Crippen LogP) is 3.89. The summed E-state index contributed by atoms with van der Waals surface area (Å²) in [5.74, 6) is 0.809. The van der Waals surface area contributed by atoms with E-state index in [9.17, 15) is 5.26 Å². The fourth-order valence-electron chi connectivity index (χ4n) is 4.59. The second-order valence-electron chi connectivity index (χ2n) is 8.46. The summed E-state index contributed by atoms with van der Waals surface area (Å²) in [4.78, 5) is 0. The van der Waals surface area contributed by atoms with Gasteiger partial charge in [-0.25, -0.2) is 0 Å². The first-order chi connectivity index (χ1) is 9.64. The molecule has 2 aliphatic carbocycles. The molecule has 21 heavy (non-hydrogen) atoms. The van der Waals surface area contributed by atoms with E-state index in [0.29, 0.717) is 29.6 Å². The molecule has 0 saturated heterocycles. The molecule has 0 aromatic heterocycles. The second kappa shape index (κ2) is 5.56. The van der Waals surface area contributed by atoms with Crippen LogP contribution in [-0.2, 0) is 4.74 Å². The molecule has 0 aromatic carbocycles. The molecule has 4 unspecified atom stereocenters. The maximum atomic E-state index is 9.40. The van der Waals surface area contributed by atoms with Gasteiger partial charge >= 0.3 is 0 Å². The van der Waals surface area contributed by atoms with E-state index in [1.807, 2.05) is 6.92 Å². The van der Waals surface area contributed by atoms with Crippen LogP contribution in [0.5, 0.6) is 0 Å². The Balaban J connectivity index is 1.89. The maximum Gasteiger partial charge on any atom is 0.106 e. The lowest BCUT2D eigenvalue weighted by Gasteiger charge is -2.39. The summed E-state index contributed by atoms with van der Waals surface area (Å²) in [5.41, 5.74) is 0.223. The molecule has 0 aromatic rings. The van der Waals surface area contributed by atoms with Crippen LogP contribution in [0, 0.1) is 28.1 Å². The van der Waals surface area contributed by atoms with Crippen molar-refractivity contribution >= 4 is 0 Å². The number of ether oxygens (including phenoxy) is 1. The van der Waals surface area contributed by atoms with Crippen molar-refractivity contribution in [2.45, 2.75) is 84.9 Å². The van der Waals surface area contributed by atoms with Gasteiger partial charge in [0.15, 0.2) is 0 Å². The number of fused-ring (bicyclic) bond motifs is 2. The summed E-state index contributed by atoms with van der Waals surface area (Å²) in [7, 11) is 0. The average Bonchev–Trinajstić information content (AvgIpc) is 2.71. The van der Waals surface area contributed by atoms with E-state index in [4.69, 9.17) is 4.74 Å². The normalized spacial score (nSPS) is 36.7. The Bertz CT molecular complexity index is 425. The monoisotopic (exact) mass is 292 g/mol. The number of nitrogens with one attached hydrogen (secondary N) is 1. The van der Waals surface area contributed by atoms with Gasteiger partial charge in [0.05, 0.1) is 12.2 Å². The minimum Gasteiger partial charge on any atom is -0.378 e. The number of hydrogen-bond acceptors (Lipinski definition) is 3. The molecule has 0 radical (unpaired) electrons. The molecule has 0 heterocycles. The van der Waals surface area contributed by atoms with Gasteiger partial charge in [-0.1, -0.05) is 20.8 Å². The summed E-state index contributed by atoms with van der Waals surface area (Å²) in [6.07, 6.45) is 4.96. The largest absolute Gasteiger partial charge is 0.378 e. The summed E-state index contributed by atoms with van der Waals surface area (Å²) in [6, 6.07) is 2.72. The molecule has 0 amide bonds. The zero-order valence-corrected chi connectivity index (χ0v) is 14.6. The molecule has 4 atom stereocenters. The predicted molar refractivity (Wildman–Crippen MR) is 85.9 cm³/mol. The quantitative estimate of drug-likeness (QED) is 0.808. The molecule has 2 bridgehead atoms. The molecule has 3 nitrogen and oxygen atoms in total. The SMILES string of the molecule is CC(C)NC(C)(C#N)CCOC1CC2CCC1(C)C2(C)C. The number of nitrogens with zero attached hydrogens (tertiary/aromatic N) is 1. The molecule has 2 rings (SSSR count). The van der Waals surface area contributed by atoms with Crippen molar-refractivity contribution in [1.29, 1.82) is 5.26 Å². The molecule has 2 saturated carbocycles. The highest BCUT2D eigenvalue weighted by atomic mass is 16.5. The molecule has 0 spiro atoms. The lowest BCUT2D eigenvalue weighted by molar-refractivity contribution is -0.0504. The van der Waals surface area contributed by atoms with Crippen molar-refractivity contribution in [2.24, 2.45) is 16.7 Å². The molecule has 120 valence electrons. The maximum absolute atomic E-state index is 9.40. The van der Waals surface area contributed by atoms with Crippen LogP contribution in [0.2, 0.25) is 0 Å². The lowest BCUT2D eigenvalue weighted by atomic mass is 9.70. The van der Waals surface area contributed by atoms with Crippen LogP contribution >= 0.6 is 0 Å². The average molecular weight is 292 g/mol. The minimum absolute atomic E-state index is 0.312. The van der Waals surface area contributed by atoms with Gasteiger partial charge in [0.1, 0.15) is 5.54 Å². The van der Waals surface area contributed by atoms with Crippen LogP contribution in [-0.4, -0.2) is 24.3 Å². The molecule has 2 aliphatic rings. The standard InChI is InChI=1S/C18H32N2O/c1-13(2)20-17(5,12-19)9-10-21-15-11-14-7-8-18(15,6)16(14,3)4/h13-15,20H,7-11H2,1-6H3. The number of hydrogen-bond donors (Lipinski definition) is 1. The van der Waals surface area contributed by atoms with Crippen molar-refractivity contribution in [3.8, 4) is 6.07 Å². The van der Waals surface area contributed by atoms with Gasteiger partial charge in [0, 0.05) is 19.1 Å². The van der Waals surface area contributed by atoms with Gasteiger partial charge < -0.3 is 4.74 Å². The third kappa shape index (κ3) is 2.85. The topological polar surface area (TPSA) is 45.0 Å². The van der Waals surface area contributed by atoms with Crippen molar-refractivity contribution < 1.29 is 4.74 Å². The molecule has 1 N–H and O–H groups in total. The Morgan fingerprint density at radius 2 is 2.05 bits per heavy atom. The first kappa shape index (κ1) is 16.8. The molecular weight excluding hydrogens is 260 g/mol. The van der Waals surface area contributed by atoms with Crippen molar-refractivity contribution in [1.82, 2.24) is 5.32 Å². The minimum atomic E-state index is -0.484. The van der Waals surface area contributed by atoms with E-state index >= 15 is 0 Å². The van der Waals surface area contributed by atoms with Crippen molar-refractivity contribution in [2.75, 3.05) is 6.61 Å². The van der Waals surface area contributed by atoms with Gasteiger partial charge in [-0.05, 0) is 56.8 Å². The van der Waals surface area contributed by atoms with Crippen LogP contribution in [0.4, 0.5) is 0 Å². The van der Waals surface area contributed by atoms with Crippen LogP contribution in [0.3, 0.4) is 0 Å². The molecular formula is C18H32N2O. The van der Waals surface area contributed by atoms with E-state index in [1.54, 1.807) is 0 Å². The second-order valence-corrected chi connectivity index (χ2v) is 8.46. The third-order valence-corrected chi connectivity index (χ3v) is 6.49. The van der Waals surface area contributed by atoms with E-state index in [2.05, 4.69) is 46.0 Å². The van der Waals surface area contributed by atoms with Crippen molar-refractivity contribution in [3.63, 3.8) is 0 Å². The van der Waals surface area contributed by atoms with Gasteiger partial charge in [0.2, 0.25) is 0 Å². The Labute approximate surface area is 130 Å². The lowest BCUT2D eigenvalue weighted by Crippen LogP contribution is -2.46. The molecule has 3 heteroatoms. The first-order valence-corrected chi connectivity index (χ1v) is 8.45. The Kier molecular flexibility index (Phi) is 4.44. The number of rotatable bonds is 6. The first-order valence-electron chi connectivity index (χ1n) is 8.45. The highest BCUT2D eigenvalue weighted by Crippen LogP contribution is 2.66. The van der Waals surface area contributed by atoms with E-state index < -0.39 is 5.54 Å². The third-order valence-electron chi connectivity index (χ3n) is 6.49. The zero-order chi connectivity index (χ0) is 15.9. The smallest absolute Gasteiger partial charge is 0.106 e. The van der Waals surface area contributed by atoms with Crippen LogP contribution < -0.4 is 5.32 Å².